The van der Waals surface area contributed by atoms with Crippen LogP contribution < -0.4 is 10.5 Å². The molecule has 1 aromatic heterocycles. The fourth-order valence-corrected chi connectivity index (χ4v) is 3.31. The number of aromatic nitrogens is 1. The molecule has 2 heterocycles. The Hall–Kier alpha value is -2.83. The van der Waals surface area contributed by atoms with Crippen molar-refractivity contribution < 1.29 is 19.1 Å². The predicted molar refractivity (Wildman–Crippen MR) is 93.4 cm³/mol. The molecule has 1 aromatic carbocycles. The van der Waals surface area contributed by atoms with Crippen LogP contribution in [0.1, 0.15) is 23.3 Å². The second kappa shape index (κ2) is 6.96. The highest BCUT2D eigenvalue weighted by Gasteiger charge is 2.31. The highest BCUT2D eigenvalue weighted by atomic mass is 16.5. The van der Waals surface area contributed by atoms with Gasteiger partial charge in [-0.3, -0.25) is 14.6 Å². The summed E-state index contributed by atoms with van der Waals surface area (Å²) in [7, 11) is 2.93. The lowest BCUT2D eigenvalue weighted by Crippen LogP contribution is -2.43. The van der Waals surface area contributed by atoms with Crippen LogP contribution in [0.2, 0.25) is 0 Å². The maximum atomic E-state index is 13.0. The third kappa shape index (κ3) is 3.09. The van der Waals surface area contributed by atoms with Gasteiger partial charge in [-0.1, -0.05) is 0 Å². The summed E-state index contributed by atoms with van der Waals surface area (Å²) in [6.45, 7) is 0.904. The molecule has 1 atom stereocenters. The maximum absolute atomic E-state index is 13.0. The minimum absolute atomic E-state index is 0.237. The molecule has 1 unspecified atom stereocenters. The van der Waals surface area contributed by atoms with Gasteiger partial charge in [0.05, 0.1) is 20.1 Å². The molecule has 1 amide bonds. The van der Waals surface area contributed by atoms with E-state index in [-0.39, 0.29) is 23.5 Å². The first kappa shape index (κ1) is 17.0. The van der Waals surface area contributed by atoms with Crippen molar-refractivity contribution in [2.24, 2.45) is 5.92 Å². The predicted octanol–water partition coefficient (Wildman–Crippen LogP) is 1.85. The Morgan fingerprint density at radius 1 is 1.28 bits per heavy atom. The topological polar surface area (TPSA) is 94.8 Å². The summed E-state index contributed by atoms with van der Waals surface area (Å²) in [6.07, 6.45) is 3.03. The van der Waals surface area contributed by atoms with Crippen LogP contribution in [0.4, 0.5) is 5.69 Å². The molecule has 2 aromatic rings. The zero-order valence-electron chi connectivity index (χ0n) is 14.3. The van der Waals surface area contributed by atoms with Gasteiger partial charge in [0.1, 0.15) is 11.4 Å². The number of methoxy groups -OCH3 is 2. The number of rotatable bonds is 3. The molecule has 1 aliphatic rings. The van der Waals surface area contributed by atoms with Crippen molar-refractivity contribution in [3.05, 3.63) is 30.1 Å². The Morgan fingerprint density at radius 3 is 2.80 bits per heavy atom. The molecule has 0 aliphatic carbocycles. The summed E-state index contributed by atoms with van der Waals surface area (Å²) >= 11 is 0. The van der Waals surface area contributed by atoms with E-state index in [1.807, 2.05) is 0 Å². The molecule has 1 aliphatic heterocycles. The summed E-state index contributed by atoms with van der Waals surface area (Å²) in [6, 6.07) is 5.24. The number of pyridine rings is 1. The van der Waals surface area contributed by atoms with Crippen LogP contribution in [-0.4, -0.2) is 49.1 Å². The number of carbonyl (C=O) groups excluding carboxylic acids is 2. The summed E-state index contributed by atoms with van der Waals surface area (Å²) in [5.41, 5.74) is 6.85. The summed E-state index contributed by atoms with van der Waals surface area (Å²) in [5, 5.41) is 1.31. The number of anilines is 1. The molecule has 132 valence electrons. The monoisotopic (exact) mass is 343 g/mol. The minimum Gasteiger partial charge on any atom is -0.496 e. The molecule has 25 heavy (non-hydrogen) atoms. The average Bonchev–Trinajstić information content (AvgIpc) is 2.66. The molecule has 0 spiro atoms. The lowest BCUT2D eigenvalue weighted by Gasteiger charge is -2.31. The average molecular weight is 343 g/mol. The van der Waals surface area contributed by atoms with Gasteiger partial charge in [0.15, 0.2) is 0 Å². The molecule has 0 radical (unpaired) electrons. The van der Waals surface area contributed by atoms with E-state index in [4.69, 9.17) is 15.2 Å². The highest BCUT2D eigenvalue weighted by Crippen LogP contribution is 2.32. The van der Waals surface area contributed by atoms with Gasteiger partial charge < -0.3 is 20.1 Å². The van der Waals surface area contributed by atoms with Crippen molar-refractivity contribution in [2.75, 3.05) is 33.0 Å². The summed E-state index contributed by atoms with van der Waals surface area (Å²) < 4.78 is 10.2. The van der Waals surface area contributed by atoms with E-state index in [2.05, 4.69) is 4.98 Å². The number of nitrogens with zero attached hydrogens (tertiary/aromatic N) is 2. The van der Waals surface area contributed by atoms with Gasteiger partial charge in [-0.15, -0.1) is 0 Å². The Kier molecular flexibility index (Phi) is 4.74. The van der Waals surface area contributed by atoms with E-state index in [9.17, 15) is 9.59 Å². The largest absolute Gasteiger partial charge is 0.496 e. The van der Waals surface area contributed by atoms with Crippen molar-refractivity contribution in [3.63, 3.8) is 0 Å². The normalized spacial score (nSPS) is 17.4. The molecular formula is C18H21N3O4. The van der Waals surface area contributed by atoms with Gasteiger partial charge in [0.25, 0.3) is 5.91 Å². The molecule has 0 saturated carbocycles. The fourth-order valence-electron chi connectivity index (χ4n) is 3.31. The number of carbonyl (C=O) groups is 2. The van der Waals surface area contributed by atoms with Gasteiger partial charge in [-0.2, -0.15) is 0 Å². The van der Waals surface area contributed by atoms with Gasteiger partial charge >= 0.3 is 5.97 Å². The molecule has 7 nitrogen and oxygen atoms in total. The van der Waals surface area contributed by atoms with Crippen LogP contribution in [-0.2, 0) is 9.53 Å². The Labute approximate surface area is 145 Å². The van der Waals surface area contributed by atoms with Crippen molar-refractivity contribution in [3.8, 4) is 5.75 Å². The van der Waals surface area contributed by atoms with E-state index >= 15 is 0 Å². The van der Waals surface area contributed by atoms with Crippen LogP contribution in [0.3, 0.4) is 0 Å². The number of piperidine rings is 1. The minimum atomic E-state index is -0.301. The van der Waals surface area contributed by atoms with Crippen LogP contribution >= 0.6 is 0 Å². The SMILES string of the molecule is COC(=O)C1CCCN(C(=O)c2nccc3c(OC)ccc(N)c23)C1. The van der Waals surface area contributed by atoms with E-state index < -0.39 is 0 Å². The second-order valence-electron chi connectivity index (χ2n) is 6.05. The number of fused-ring (bicyclic) bond motifs is 1. The Morgan fingerprint density at radius 2 is 2.08 bits per heavy atom. The van der Waals surface area contributed by atoms with Crippen LogP contribution in [0.15, 0.2) is 24.4 Å². The Bertz CT molecular complexity index is 821. The highest BCUT2D eigenvalue weighted by molar-refractivity contribution is 6.11. The van der Waals surface area contributed by atoms with E-state index in [1.165, 1.54) is 7.11 Å². The van der Waals surface area contributed by atoms with Gasteiger partial charge in [0.2, 0.25) is 0 Å². The number of nitrogen functional groups attached to an aromatic ring is 1. The van der Waals surface area contributed by atoms with E-state index in [0.717, 1.165) is 18.2 Å². The number of esters is 1. The third-order valence-corrected chi connectivity index (χ3v) is 4.58. The smallest absolute Gasteiger partial charge is 0.310 e. The number of hydrogen-bond donors (Lipinski definition) is 1. The van der Waals surface area contributed by atoms with E-state index in [0.29, 0.717) is 29.9 Å². The number of nitrogens with two attached hydrogens (primary N) is 1. The van der Waals surface area contributed by atoms with Gasteiger partial charge in [0, 0.05) is 35.7 Å². The zero-order valence-corrected chi connectivity index (χ0v) is 14.3. The van der Waals surface area contributed by atoms with Crippen LogP contribution in [0, 0.1) is 5.92 Å². The van der Waals surface area contributed by atoms with Crippen molar-refractivity contribution in [1.82, 2.24) is 9.88 Å². The molecule has 2 N–H and O–H groups in total. The molecule has 7 heteroatoms. The van der Waals surface area contributed by atoms with Crippen molar-refractivity contribution >= 4 is 28.3 Å². The molecule has 0 bridgehead atoms. The lowest BCUT2D eigenvalue weighted by atomic mass is 9.97. The van der Waals surface area contributed by atoms with Crippen LogP contribution in [0.25, 0.3) is 10.8 Å². The second-order valence-corrected chi connectivity index (χ2v) is 6.05. The molecule has 1 saturated heterocycles. The number of amides is 1. The summed E-state index contributed by atoms with van der Waals surface area (Å²) in [4.78, 5) is 30.8. The number of hydrogen-bond acceptors (Lipinski definition) is 6. The maximum Gasteiger partial charge on any atom is 0.310 e. The first-order valence-corrected chi connectivity index (χ1v) is 8.15. The van der Waals surface area contributed by atoms with Gasteiger partial charge in [-0.25, -0.2) is 0 Å². The quantitative estimate of drug-likeness (QED) is 0.675. The zero-order chi connectivity index (χ0) is 18.0. The number of benzene rings is 1. The lowest BCUT2D eigenvalue weighted by molar-refractivity contribution is -0.146. The first-order chi connectivity index (χ1) is 12.1. The fraction of sp³-hybridized carbons (Fsp3) is 0.389. The summed E-state index contributed by atoms with van der Waals surface area (Å²) in [5.74, 6) is -0.194. The molecule has 3 rings (SSSR count). The molecular weight excluding hydrogens is 322 g/mol. The van der Waals surface area contributed by atoms with Crippen molar-refractivity contribution in [1.29, 1.82) is 0 Å². The van der Waals surface area contributed by atoms with E-state index in [1.54, 1.807) is 36.4 Å². The third-order valence-electron chi connectivity index (χ3n) is 4.58. The number of likely N-dealkylation sites (tertiary alicyclic amines) is 1. The van der Waals surface area contributed by atoms with Gasteiger partial charge in [-0.05, 0) is 31.0 Å². The van der Waals surface area contributed by atoms with Crippen molar-refractivity contribution in [2.45, 2.75) is 12.8 Å². The van der Waals surface area contributed by atoms with Crippen LogP contribution in [0.5, 0.6) is 5.75 Å². The standard InChI is InChI=1S/C18H21N3O4/c1-24-14-6-5-13(19)15-12(14)7-8-20-16(15)17(22)21-9-3-4-11(10-21)18(23)25-2/h5-8,11H,3-4,9-10,19H2,1-2H3. The first-order valence-electron chi connectivity index (χ1n) is 8.15. The Balaban J connectivity index is 1.99. The molecule has 1 fully saturated rings. The number of ether oxygens (including phenoxy) is 2.